The van der Waals surface area contributed by atoms with Gasteiger partial charge in [0.2, 0.25) is 0 Å². The van der Waals surface area contributed by atoms with Crippen molar-refractivity contribution >= 4 is 5.57 Å². The standard InChI is InChI=1S/C23H32O2/c1-13-7-8-19-22(3,4)9-6-10-23(19,5)20-15(13)11-16-14(2)21(25)18(24)12-17(16)20/h12-13,19,24-25H,6-11H2,1-5H3/t13?,19-,23-/m1/s1. The summed E-state index contributed by atoms with van der Waals surface area (Å²) in [5, 5.41) is 20.5. The minimum Gasteiger partial charge on any atom is -0.504 e. The Balaban J connectivity index is 1.96. The van der Waals surface area contributed by atoms with Crippen LogP contribution in [0.5, 0.6) is 11.5 Å². The first-order valence-corrected chi connectivity index (χ1v) is 9.95. The highest BCUT2D eigenvalue weighted by Crippen LogP contribution is 2.64. The highest BCUT2D eigenvalue weighted by atomic mass is 16.3. The summed E-state index contributed by atoms with van der Waals surface area (Å²) in [6.07, 6.45) is 7.35. The van der Waals surface area contributed by atoms with Crippen molar-refractivity contribution in [1.29, 1.82) is 0 Å². The lowest BCUT2D eigenvalue weighted by Crippen LogP contribution is -2.42. The van der Waals surface area contributed by atoms with E-state index < -0.39 is 0 Å². The summed E-state index contributed by atoms with van der Waals surface area (Å²) in [6, 6.07) is 1.85. The van der Waals surface area contributed by atoms with Gasteiger partial charge in [-0.05, 0) is 90.0 Å². The topological polar surface area (TPSA) is 40.5 Å². The Bertz CT molecular complexity index is 771. The van der Waals surface area contributed by atoms with Crippen molar-refractivity contribution in [3.05, 3.63) is 28.3 Å². The van der Waals surface area contributed by atoms with Crippen LogP contribution in [0, 0.1) is 29.6 Å². The maximum absolute atomic E-state index is 10.3. The van der Waals surface area contributed by atoms with E-state index in [1.165, 1.54) is 48.8 Å². The quantitative estimate of drug-likeness (QED) is 0.570. The van der Waals surface area contributed by atoms with Gasteiger partial charge in [0.05, 0.1) is 0 Å². The van der Waals surface area contributed by atoms with Gasteiger partial charge in [-0.1, -0.05) is 39.7 Å². The molecule has 3 aliphatic rings. The lowest BCUT2D eigenvalue weighted by molar-refractivity contribution is 0.0349. The minimum atomic E-state index is 0.0390. The number of allylic oxidation sites excluding steroid dienone is 2. The van der Waals surface area contributed by atoms with Crippen LogP contribution in [-0.2, 0) is 6.42 Å². The highest BCUT2D eigenvalue weighted by Gasteiger charge is 2.52. The van der Waals surface area contributed by atoms with Crippen LogP contribution in [0.25, 0.3) is 5.57 Å². The predicted octanol–water partition coefficient (Wildman–Crippen LogP) is 5.98. The van der Waals surface area contributed by atoms with Crippen molar-refractivity contribution in [2.24, 2.45) is 22.7 Å². The van der Waals surface area contributed by atoms with Gasteiger partial charge in [0, 0.05) is 0 Å². The molecular weight excluding hydrogens is 308 g/mol. The van der Waals surface area contributed by atoms with Crippen LogP contribution in [0.4, 0.5) is 0 Å². The molecule has 136 valence electrons. The second-order valence-electron chi connectivity index (χ2n) is 9.76. The number of hydrogen-bond donors (Lipinski definition) is 2. The molecule has 1 saturated carbocycles. The lowest BCUT2D eigenvalue weighted by atomic mass is 9.53. The number of phenolic OH excluding ortho intramolecular Hbond substituents is 2. The Morgan fingerprint density at radius 3 is 2.52 bits per heavy atom. The van der Waals surface area contributed by atoms with Gasteiger partial charge in [0.25, 0.3) is 0 Å². The molecule has 4 rings (SSSR count). The van der Waals surface area contributed by atoms with Crippen LogP contribution in [0.15, 0.2) is 11.6 Å². The van der Waals surface area contributed by atoms with E-state index in [9.17, 15) is 10.2 Å². The van der Waals surface area contributed by atoms with Crippen LogP contribution in [0.1, 0.15) is 76.5 Å². The molecule has 3 atom stereocenters. The first-order valence-electron chi connectivity index (χ1n) is 9.95. The molecule has 2 heteroatoms. The molecule has 1 aromatic rings. The molecule has 1 aromatic carbocycles. The summed E-state index contributed by atoms with van der Waals surface area (Å²) in [7, 11) is 0. The van der Waals surface area contributed by atoms with Gasteiger partial charge in [0.1, 0.15) is 0 Å². The zero-order chi connectivity index (χ0) is 18.1. The fraction of sp³-hybridized carbons (Fsp3) is 0.652. The van der Waals surface area contributed by atoms with E-state index in [0.29, 0.717) is 17.3 Å². The van der Waals surface area contributed by atoms with Crippen LogP contribution in [0.2, 0.25) is 0 Å². The van der Waals surface area contributed by atoms with Gasteiger partial charge in [-0.3, -0.25) is 0 Å². The van der Waals surface area contributed by atoms with Gasteiger partial charge in [-0.15, -0.1) is 0 Å². The summed E-state index contributed by atoms with van der Waals surface area (Å²) >= 11 is 0. The largest absolute Gasteiger partial charge is 0.504 e. The third-order valence-corrected chi connectivity index (χ3v) is 7.90. The zero-order valence-electron chi connectivity index (χ0n) is 16.4. The second kappa shape index (κ2) is 5.28. The van der Waals surface area contributed by atoms with Crippen molar-refractivity contribution in [1.82, 2.24) is 0 Å². The van der Waals surface area contributed by atoms with Crippen LogP contribution >= 0.6 is 0 Å². The summed E-state index contributed by atoms with van der Waals surface area (Å²) in [4.78, 5) is 0. The van der Waals surface area contributed by atoms with Crippen molar-refractivity contribution in [3.8, 4) is 11.5 Å². The molecule has 2 nitrogen and oxygen atoms in total. The number of hydrogen-bond acceptors (Lipinski definition) is 2. The van der Waals surface area contributed by atoms with E-state index in [4.69, 9.17) is 0 Å². The smallest absolute Gasteiger partial charge is 0.160 e. The zero-order valence-corrected chi connectivity index (χ0v) is 16.4. The molecule has 0 amide bonds. The first kappa shape index (κ1) is 17.0. The Hall–Kier alpha value is -1.44. The van der Waals surface area contributed by atoms with E-state index in [-0.39, 0.29) is 16.9 Å². The van der Waals surface area contributed by atoms with Crippen LogP contribution in [0.3, 0.4) is 0 Å². The molecular formula is C23H32O2. The Morgan fingerprint density at radius 1 is 1.08 bits per heavy atom. The van der Waals surface area contributed by atoms with E-state index in [1.54, 1.807) is 5.57 Å². The number of benzene rings is 1. The van der Waals surface area contributed by atoms with Gasteiger partial charge in [0.15, 0.2) is 11.5 Å². The van der Waals surface area contributed by atoms with Crippen molar-refractivity contribution in [2.75, 3.05) is 0 Å². The van der Waals surface area contributed by atoms with Crippen LogP contribution in [-0.4, -0.2) is 10.2 Å². The van der Waals surface area contributed by atoms with Gasteiger partial charge in [-0.25, -0.2) is 0 Å². The molecule has 25 heavy (non-hydrogen) atoms. The maximum atomic E-state index is 10.3. The summed E-state index contributed by atoms with van der Waals surface area (Å²) < 4.78 is 0. The molecule has 3 aliphatic carbocycles. The molecule has 0 aliphatic heterocycles. The maximum Gasteiger partial charge on any atom is 0.160 e. The van der Waals surface area contributed by atoms with Gasteiger partial charge in [-0.2, -0.15) is 0 Å². The fourth-order valence-corrected chi connectivity index (χ4v) is 6.55. The molecule has 0 saturated heterocycles. The van der Waals surface area contributed by atoms with Gasteiger partial charge >= 0.3 is 0 Å². The van der Waals surface area contributed by atoms with Crippen LogP contribution < -0.4 is 0 Å². The van der Waals surface area contributed by atoms with Crippen molar-refractivity contribution in [2.45, 2.75) is 73.1 Å². The Labute approximate surface area is 152 Å². The average Bonchev–Trinajstić information content (AvgIpc) is 2.86. The summed E-state index contributed by atoms with van der Waals surface area (Å²) in [6.45, 7) is 11.7. The molecule has 0 spiro atoms. The highest BCUT2D eigenvalue weighted by molar-refractivity contribution is 5.83. The van der Waals surface area contributed by atoms with E-state index in [2.05, 4.69) is 27.7 Å². The number of aromatic hydroxyl groups is 2. The summed E-state index contributed by atoms with van der Waals surface area (Å²) in [5.74, 6) is 1.38. The van der Waals surface area contributed by atoms with E-state index in [1.807, 2.05) is 13.0 Å². The normalized spacial score (nSPS) is 33.5. The van der Waals surface area contributed by atoms with Crippen molar-refractivity contribution < 1.29 is 10.2 Å². The number of fused-ring (bicyclic) bond motifs is 4. The minimum absolute atomic E-state index is 0.0390. The monoisotopic (exact) mass is 340 g/mol. The fourth-order valence-electron chi connectivity index (χ4n) is 6.55. The predicted molar refractivity (Wildman–Crippen MR) is 103 cm³/mol. The molecule has 1 unspecified atom stereocenters. The molecule has 0 bridgehead atoms. The number of phenols is 2. The Morgan fingerprint density at radius 2 is 1.80 bits per heavy atom. The molecule has 0 radical (unpaired) electrons. The third kappa shape index (κ3) is 2.22. The molecule has 1 fully saturated rings. The Kier molecular flexibility index (Phi) is 3.59. The first-order chi connectivity index (χ1) is 11.7. The number of rotatable bonds is 0. The molecule has 0 aromatic heterocycles. The van der Waals surface area contributed by atoms with Crippen molar-refractivity contribution in [3.63, 3.8) is 0 Å². The summed E-state index contributed by atoms with van der Waals surface area (Å²) in [5.41, 5.74) is 6.98. The molecule has 2 N–H and O–H groups in total. The lowest BCUT2D eigenvalue weighted by Gasteiger charge is -2.52. The average molecular weight is 341 g/mol. The van der Waals surface area contributed by atoms with E-state index in [0.717, 1.165) is 12.0 Å². The van der Waals surface area contributed by atoms with E-state index >= 15 is 0 Å². The molecule has 0 heterocycles. The second-order valence-corrected chi connectivity index (χ2v) is 9.76. The third-order valence-electron chi connectivity index (χ3n) is 7.90. The van der Waals surface area contributed by atoms with Gasteiger partial charge < -0.3 is 10.2 Å². The SMILES string of the molecule is Cc1c(O)c(O)cc2c1CC1=C2[C@]2(C)CCCC(C)(C)[C@H]2CCC1C.